The van der Waals surface area contributed by atoms with E-state index in [2.05, 4.69) is 25.8 Å². The lowest BCUT2D eigenvalue weighted by molar-refractivity contribution is 0.249. The van der Waals surface area contributed by atoms with Crippen LogP contribution in [0.5, 0.6) is 0 Å². The van der Waals surface area contributed by atoms with Gasteiger partial charge in [0.25, 0.3) is 5.56 Å². The van der Waals surface area contributed by atoms with E-state index in [4.69, 9.17) is 11.6 Å². The summed E-state index contributed by atoms with van der Waals surface area (Å²) in [6.45, 7) is 6.01. The molecule has 7 heteroatoms. The zero-order valence-corrected chi connectivity index (χ0v) is 16.3. The average molecular weight is 394 g/mol. The van der Waals surface area contributed by atoms with E-state index >= 15 is 0 Å². The molecule has 3 aromatic rings. The van der Waals surface area contributed by atoms with Gasteiger partial charge in [-0.1, -0.05) is 11.6 Å². The van der Waals surface area contributed by atoms with Gasteiger partial charge in [0.1, 0.15) is 6.07 Å². The van der Waals surface area contributed by atoms with Crippen LogP contribution in [0.25, 0.3) is 11.0 Å². The SMILES string of the molecule is Cc1cc2ncc(CN3CCN(c4ccc(Cl)cc4C#N)CC3)cc2[nH]c1=O. The number of anilines is 1. The minimum atomic E-state index is -0.0728. The van der Waals surface area contributed by atoms with Gasteiger partial charge < -0.3 is 9.88 Å². The fourth-order valence-corrected chi connectivity index (χ4v) is 3.76. The number of nitriles is 1. The van der Waals surface area contributed by atoms with Gasteiger partial charge in [0.2, 0.25) is 0 Å². The van der Waals surface area contributed by atoms with Crippen molar-refractivity contribution >= 4 is 28.3 Å². The summed E-state index contributed by atoms with van der Waals surface area (Å²) in [7, 11) is 0. The molecule has 0 spiro atoms. The summed E-state index contributed by atoms with van der Waals surface area (Å²) < 4.78 is 0. The van der Waals surface area contributed by atoms with Gasteiger partial charge in [0, 0.05) is 49.5 Å². The number of hydrogen-bond acceptors (Lipinski definition) is 5. The molecule has 142 valence electrons. The van der Waals surface area contributed by atoms with Gasteiger partial charge in [-0.3, -0.25) is 14.7 Å². The lowest BCUT2D eigenvalue weighted by Crippen LogP contribution is -2.46. The first-order valence-electron chi connectivity index (χ1n) is 9.19. The lowest BCUT2D eigenvalue weighted by atomic mass is 10.1. The molecule has 3 heterocycles. The van der Waals surface area contributed by atoms with Crippen molar-refractivity contribution in [2.24, 2.45) is 0 Å². The van der Waals surface area contributed by atoms with E-state index in [1.807, 2.05) is 30.5 Å². The summed E-state index contributed by atoms with van der Waals surface area (Å²) in [5, 5.41) is 9.95. The van der Waals surface area contributed by atoms with Crippen LogP contribution in [0.1, 0.15) is 16.7 Å². The van der Waals surface area contributed by atoms with Gasteiger partial charge >= 0.3 is 0 Å². The van der Waals surface area contributed by atoms with Crippen LogP contribution in [0, 0.1) is 18.3 Å². The average Bonchev–Trinajstić information content (AvgIpc) is 2.70. The molecular weight excluding hydrogens is 374 g/mol. The largest absolute Gasteiger partial charge is 0.368 e. The third-order valence-electron chi connectivity index (χ3n) is 5.13. The van der Waals surface area contributed by atoms with Crippen molar-refractivity contribution in [1.29, 1.82) is 5.26 Å². The minimum Gasteiger partial charge on any atom is -0.368 e. The van der Waals surface area contributed by atoms with E-state index in [-0.39, 0.29) is 5.56 Å². The van der Waals surface area contributed by atoms with Crippen LogP contribution in [0.15, 0.2) is 41.3 Å². The van der Waals surface area contributed by atoms with E-state index < -0.39 is 0 Å². The number of fused-ring (bicyclic) bond motifs is 1. The topological polar surface area (TPSA) is 76.0 Å². The standard InChI is InChI=1S/C21H20ClN5O/c1-14-8-18-19(25-21(14)28)9-15(12-24-18)13-26-4-6-27(7-5-26)20-3-2-17(22)10-16(20)11-23/h2-3,8-10,12H,4-7,13H2,1H3,(H,25,28). The summed E-state index contributed by atoms with van der Waals surface area (Å²) in [6, 6.07) is 11.5. The maximum Gasteiger partial charge on any atom is 0.251 e. The van der Waals surface area contributed by atoms with Gasteiger partial charge in [0.15, 0.2) is 0 Å². The number of rotatable bonds is 3. The van der Waals surface area contributed by atoms with Crippen molar-refractivity contribution in [2.45, 2.75) is 13.5 Å². The molecule has 28 heavy (non-hydrogen) atoms. The van der Waals surface area contributed by atoms with Crippen molar-refractivity contribution in [2.75, 3.05) is 31.1 Å². The second-order valence-corrected chi connectivity index (χ2v) is 7.53. The molecule has 1 N–H and O–H groups in total. The maximum absolute atomic E-state index is 11.8. The molecule has 1 aliphatic rings. The minimum absolute atomic E-state index is 0.0728. The normalized spacial score (nSPS) is 15.0. The molecule has 6 nitrogen and oxygen atoms in total. The Kier molecular flexibility index (Phi) is 5.03. The lowest BCUT2D eigenvalue weighted by Gasteiger charge is -2.36. The number of nitrogens with zero attached hydrogens (tertiary/aromatic N) is 4. The number of aryl methyl sites for hydroxylation is 1. The second-order valence-electron chi connectivity index (χ2n) is 7.09. The fraction of sp³-hybridized carbons (Fsp3) is 0.286. The highest BCUT2D eigenvalue weighted by atomic mass is 35.5. The van der Waals surface area contributed by atoms with Crippen LogP contribution in [0.2, 0.25) is 5.02 Å². The number of aromatic amines is 1. The Balaban J connectivity index is 1.45. The molecule has 0 aliphatic carbocycles. The predicted octanol–water partition coefficient (Wildman–Crippen LogP) is 3.08. The zero-order chi connectivity index (χ0) is 19.7. The van der Waals surface area contributed by atoms with Crippen LogP contribution < -0.4 is 10.5 Å². The maximum atomic E-state index is 11.8. The number of aromatic nitrogens is 2. The number of pyridine rings is 2. The smallest absolute Gasteiger partial charge is 0.251 e. The molecule has 0 amide bonds. The molecule has 0 unspecified atom stereocenters. The molecule has 0 saturated carbocycles. The first-order valence-corrected chi connectivity index (χ1v) is 9.57. The van der Waals surface area contributed by atoms with Crippen molar-refractivity contribution in [3.63, 3.8) is 0 Å². The summed E-state index contributed by atoms with van der Waals surface area (Å²) in [6.07, 6.45) is 1.87. The zero-order valence-electron chi connectivity index (χ0n) is 15.6. The third kappa shape index (κ3) is 3.72. The van der Waals surface area contributed by atoms with Crippen LogP contribution in [-0.2, 0) is 6.54 Å². The number of H-pyrrole nitrogens is 1. The molecule has 0 atom stereocenters. The van der Waals surface area contributed by atoms with Crippen molar-refractivity contribution in [3.8, 4) is 6.07 Å². The van der Waals surface area contributed by atoms with Gasteiger partial charge in [-0.25, -0.2) is 0 Å². The Labute approximate surface area is 168 Å². The Hall–Kier alpha value is -2.88. The quantitative estimate of drug-likeness (QED) is 0.740. The van der Waals surface area contributed by atoms with Gasteiger partial charge in [-0.2, -0.15) is 5.26 Å². The van der Waals surface area contributed by atoms with E-state index in [9.17, 15) is 10.1 Å². The van der Waals surface area contributed by atoms with E-state index in [1.54, 1.807) is 13.0 Å². The van der Waals surface area contributed by atoms with Crippen LogP contribution in [0.4, 0.5) is 5.69 Å². The van der Waals surface area contributed by atoms with Crippen LogP contribution >= 0.6 is 11.6 Å². The van der Waals surface area contributed by atoms with E-state index in [0.29, 0.717) is 16.1 Å². The van der Waals surface area contributed by atoms with Crippen molar-refractivity contribution in [1.82, 2.24) is 14.9 Å². The molecule has 4 rings (SSSR count). The highest BCUT2D eigenvalue weighted by molar-refractivity contribution is 6.30. The number of hydrogen-bond donors (Lipinski definition) is 1. The van der Waals surface area contributed by atoms with E-state index in [0.717, 1.165) is 55.0 Å². The number of halogens is 1. The van der Waals surface area contributed by atoms with Gasteiger partial charge in [0.05, 0.1) is 22.3 Å². The molecule has 1 fully saturated rings. The Morgan fingerprint density at radius 3 is 2.75 bits per heavy atom. The molecule has 0 radical (unpaired) electrons. The summed E-state index contributed by atoms with van der Waals surface area (Å²) >= 11 is 6.00. The monoisotopic (exact) mass is 393 g/mol. The van der Waals surface area contributed by atoms with Crippen molar-refractivity contribution in [3.05, 3.63) is 68.6 Å². The highest BCUT2D eigenvalue weighted by Gasteiger charge is 2.20. The Morgan fingerprint density at radius 1 is 1.21 bits per heavy atom. The van der Waals surface area contributed by atoms with E-state index in [1.165, 1.54) is 0 Å². The number of nitrogens with one attached hydrogen (secondary N) is 1. The summed E-state index contributed by atoms with van der Waals surface area (Å²) in [4.78, 5) is 23.8. The van der Waals surface area contributed by atoms with Crippen LogP contribution in [0.3, 0.4) is 0 Å². The highest BCUT2D eigenvalue weighted by Crippen LogP contribution is 2.25. The first kappa shape index (κ1) is 18.5. The Bertz CT molecular complexity index is 1130. The predicted molar refractivity (Wildman–Crippen MR) is 111 cm³/mol. The summed E-state index contributed by atoms with van der Waals surface area (Å²) in [5.41, 5.74) is 4.79. The molecule has 1 saturated heterocycles. The first-order chi connectivity index (χ1) is 13.5. The van der Waals surface area contributed by atoms with Gasteiger partial charge in [-0.15, -0.1) is 0 Å². The molecule has 1 aliphatic heterocycles. The molecular formula is C21H20ClN5O. The van der Waals surface area contributed by atoms with Gasteiger partial charge in [-0.05, 0) is 42.8 Å². The molecule has 2 aromatic heterocycles. The third-order valence-corrected chi connectivity index (χ3v) is 5.37. The van der Waals surface area contributed by atoms with Crippen molar-refractivity contribution < 1.29 is 0 Å². The Morgan fingerprint density at radius 2 is 2.00 bits per heavy atom. The number of benzene rings is 1. The molecule has 1 aromatic carbocycles. The fourth-order valence-electron chi connectivity index (χ4n) is 3.59. The summed E-state index contributed by atoms with van der Waals surface area (Å²) in [5.74, 6) is 0. The van der Waals surface area contributed by atoms with Crippen LogP contribution in [-0.4, -0.2) is 41.0 Å². The molecule has 0 bridgehead atoms. The number of piperazine rings is 1. The second kappa shape index (κ2) is 7.63.